The zero-order valence-corrected chi connectivity index (χ0v) is 11.4. The van der Waals surface area contributed by atoms with Crippen LogP contribution in [0.2, 0.25) is 0 Å². The summed E-state index contributed by atoms with van der Waals surface area (Å²) in [6, 6.07) is 5.24. The van der Waals surface area contributed by atoms with Crippen LogP contribution in [0.5, 0.6) is 5.75 Å². The lowest BCUT2D eigenvalue weighted by Gasteiger charge is -2.13. The van der Waals surface area contributed by atoms with E-state index in [0.29, 0.717) is 0 Å². The molecule has 1 atom stereocenters. The van der Waals surface area contributed by atoms with Crippen molar-refractivity contribution in [3.05, 3.63) is 29.8 Å². The maximum Gasteiger partial charge on any atom is 0.326 e. The number of nitrogens with two attached hydrogens (primary N) is 1. The first kappa shape index (κ1) is 18.4. The van der Waals surface area contributed by atoms with E-state index < -0.39 is 18.0 Å². The monoisotopic (exact) mass is 298 g/mol. The Labute approximate surface area is 121 Å². The Bertz CT molecular complexity index is 486. The van der Waals surface area contributed by atoms with Crippen molar-refractivity contribution in [3.63, 3.8) is 0 Å². The molecule has 0 aliphatic heterocycles. The molecule has 8 nitrogen and oxygen atoms in total. The Kier molecular flexibility index (Phi) is 8.16. The van der Waals surface area contributed by atoms with Gasteiger partial charge in [0.05, 0.1) is 6.54 Å². The fraction of sp³-hybridized carbons (Fsp3) is 0.308. The number of benzene rings is 1. The van der Waals surface area contributed by atoms with E-state index >= 15 is 0 Å². The molecule has 0 bridgehead atoms. The van der Waals surface area contributed by atoms with Gasteiger partial charge in [-0.25, -0.2) is 4.79 Å². The highest BCUT2D eigenvalue weighted by molar-refractivity contribution is 5.82. The van der Waals surface area contributed by atoms with E-state index in [4.69, 9.17) is 15.3 Å². The molecule has 0 saturated carbocycles. The standard InChI is InChI=1S/C11H13NO4.C2H5NO2/c1-7(13)12-10(11(15)16)6-8-2-4-9(14)5-3-8;3-1-2(4)5/h2-5,10,14H,6H2,1H3,(H,12,13)(H,15,16);1,3H2,(H,4,5). The molecular weight excluding hydrogens is 280 g/mol. The molecule has 21 heavy (non-hydrogen) atoms. The molecule has 1 unspecified atom stereocenters. The molecule has 0 saturated heterocycles. The normalized spacial score (nSPS) is 10.8. The van der Waals surface area contributed by atoms with Crippen molar-refractivity contribution in [2.45, 2.75) is 19.4 Å². The molecule has 0 aliphatic carbocycles. The predicted molar refractivity (Wildman–Crippen MR) is 73.7 cm³/mol. The second kappa shape index (κ2) is 9.32. The number of aliphatic carboxylic acids is 2. The highest BCUT2D eigenvalue weighted by atomic mass is 16.4. The molecule has 0 aliphatic rings. The van der Waals surface area contributed by atoms with E-state index in [0.717, 1.165) is 5.56 Å². The van der Waals surface area contributed by atoms with Gasteiger partial charge in [0.1, 0.15) is 11.8 Å². The predicted octanol–water partition coefficient (Wildman–Crippen LogP) is -0.446. The Balaban J connectivity index is 0.000000690. The maximum absolute atomic E-state index is 10.8. The van der Waals surface area contributed by atoms with Gasteiger partial charge in [-0.15, -0.1) is 0 Å². The average Bonchev–Trinajstić information content (AvgIpc) is 2.40. The minimum Gasteiger partial charge on any atom is -0.508 e. The summed E-state index contributed by atoms with van der Waals surface area (Å²) in [5.41, 5.74) is 5.31. The Morgan fingerprint density at radius 1 is 1.19 bits per heavy atom. The molecule has 1 aromatic rings. The van der Waals surface area contributed by atoms with E-state index in [1.807, 2.05) is 0 Å². The molecule has 8 heteroatoms. The van der Waals surface area contributed by atoms with Gasteiger partial charge in [0.15, 0.2) is 0 Å². The van der Waals surface area contributed by atoms with Crippen LogP contribution < -0.4 is 11.1 Å². The van der Waals surface area contributed by atoms with Crippen molar-refractivity contribution >= 4 is 17.8 Å². The first-order valence-electron chi connectivity index (χ1n) is 5.96. The lowest BCUT2D eigenvalue weighted by molar-refractivity contribution is -0.141. The summed E-state index contributed by atoms with van der Waals surface area (Å²) in [4.78, 5) is 30.9. The Hall–Kier alpha value is -2.61. The molecule has 0 radical (unpaired) electrons. The fourth-order valence-electron chi connectivity index (χ4n) is 1.31. The number of carboxylic acids is 2. The van der Waals surface area contributed by atoms with Gasteiger partial charge in [-0.05, 0) is 17.7 Å². The van der Waals surface area contributed by atoms with Crippen LogP contribution in [0.4, 0.5) is 0 Å². The number of aromatic hydroxyl groups is 1. The zero-order valence-electron chi connectivity index (χ0n) is 11.4. The highest BCUT2D eigenvalue weighted by Gasteiger charge is 2.18. The van der Waals surface area contributed by atoms with Gasteiger partial charge in [0, 0.05) is 13.3 Å². The summed E-state index contributed by atoms with van der Waals surface area (Å²) in [6.07, 6.45) is 0.190. The number of carboxylic acid groups (broad SMARTS) is 2. The van der Waals surface area contributed by atoms with Gasteiger partial charge in [-0.3, -0.25) is 9.59 Å². The van der Waals surface area contributed by atoms with E-state index in [9.17, 15) is 14.4 Å². The van der Waals surface area contributed by atoms with Crippen LogP contribution in [-0.2, 0) is 20.8 Å². The Morgan fingerprint density at radius 3 is 2.00 bits per heavy atom. The molecule has 6 N–H and O–H groups in total. The molecule has 1 amide bonds. The van der Waals surface area contributed by atoms with Crippen LogP contribution in [0.3, 0.4) is 0 Å². The third kappa shape index (κ3) is 9.00. The van der Waals surface area contributed by atoms with Crippen molar-refractivity contribution in [1.29, 1.82) is 0 Å². The van der Waals surface area contributed by atoms with E-state index in [-0.39, 0.29) is 24.6 Å². The molecule has 0 spiro atoms. The molecule has 116 valence electrons. The van der Waals surface area contributed by atoms with Crippen LogP contribution in [0.1, 0.15) is 12.5 Å². The summed E-state index contributed by atoms with van der Waals surface area (Å²) in [7, 11) is 0. The summed E-state index contributed by atoms with van der Waals surface area (Å²) in [5, 5.41) is 27.9. The number of carbonyl (C=O) groups excluding carboxylic acids is 1. The summed E-state index contributed by atoms with van der Waals surface area (Å²) in [6.45, 7) is 0.993. The smallest absolute Gasteiger partial charge is 0.326 e. The van der Waals surface area contributed by atoms with Crippen molar-refractivity contribution in [3.8, 4) is 5.75 Å². The minimum absolute atomic E-state index is 0.121. The SMILES string of the molecule is CC(=O)NC(Cc1ccc(O)cc1)C(=O)O.NCC(=O)O. The van der Waals surface area contributed by atoms with Crippen LogP contribution in [0, 0.1) is 0 Å². The third-order valence-electron chi connectivity index (χ3n) is 2.23. The molecular formula is C13H18N2O6. The van der Waals surface area contributed by atoms with Gasteiger partial charge in [-0.2, -0.15) is 0 Å². The number of phenols is 1. The fourth-order valence-corrected chi connectivity index (χ4v) is 1.31. The number of carbonyl (C=O) groups is 3. The van der Waals surface area contributed by atoms with Crippen LogP contribution in [0.15, 0.2) is 24.3 Å². The molecule has 1 aromatic carbocycles. The Morgan fingerprint density at radius 2 is 1.67 bits per heavy atom. The van der Waals surface area contributed by atoms with Crippen LogP contribution in [0.25, 0.3) is 0 Å². The second-order valence-corrected chi connectivity index (χ2v) is 4.06. The quantitative estimate of drug-likeness (QED) is 0.494. The minimum atomic E-state index is -1.08. The van der Waals surface area contributed by atoms with Crippen molar-refractivity contribution in [1.82, 2.24) is 5.32 Å². The number of phenolic OH excluding ortho intramolecular Hbond substituents is 1. The topological polar surface area (TPSA) is 150 Å². The molecule has 1 rings (SSSR count). The zero-order chi connectivity index (χ0) is 16.4. The van der Waals surface area contributed by atoms with E-state index in [1.165, 1.54) is 19.1 Å². The van der Waals surface area contributed by atoms with Crippen LogP contribution in [-0.4, -0.2) is 45.8 Å². The number of nitrogens with one attached hydrogen (secondary N) is 1. The molecule has 0 fully saturated rings. The largest absolute Gasteiger partial charge is 0.508 e. The number of rotatable bonds is 5. The lowest BCUT2D eigenvalue weighted by Crippen LogP contribution is -2.41. The third-order valence-corrected chi connectivity index (χ3v) is 2.23. The van der Waals surface area contributed by atoms with Crippen LogP contribution >= 0.6 is 0 Å². The molecule has 0 heterocycles. The van der Waals surface area contributed by atoms with E-state index in [2.05, 4.69) is 11.1 Å². The summed E-state index contributed by atoms with van der Waals surface area (Å²) in [5.74, 6) is -2.31. The molecule has 0 aromatic heterocycles. The number of hydrogen-bond acceptors (Lipinski definition) is 5. The van der Waals surface area contributed by atoms with Gasteiger partial charge in [0.2, 0.25) is 5.91 Å². The maximum atomic E-state index is 10.8. The highest BCUT2D eigenvalue weighted by Crippen LogP contribution is 2.11. The van der Waals surface area contributed by atoms with Crippen molar-refractivity contribution in [2.24, 2.45) is 5.73 Å². The lowest BCUT2D eigenvalue weighted by atomic mass is 10.1. The first-order valence-corrected chi connectivity index (χ1v) is 5.96. The van der Waals surface area contributed by atoms with Crippen molar-refractivity contribution in [2.75, 3.05) is 6.54 Å². The van der Waals surface area contributed by atoms with Gasteiger partial charge >= 0.3 is 11.9 Å². The van der Waals surface area contributed by atoms with Gasteiger partial charge < -0.3 is 26.4 Å². The summed E-state index contributed by atoms with van der Waals surface area (Å²) >= 11 is 0. The summed E-state index contributed by atoms with van der Waals surface area (Å²) < 4.78 is 0. The number of hydrogen-bond donors (Lipinski definition) is 5. The van der Waals surface area contributed by atoms with Gasteiger partial charge in [0.25, 0.3) is 0 Å². The van der Waals surface area contributed by atoms with Gasteiger partial charge in [-0.1, -0.05) is 12.1 Å². The van der Waals surface area contributed by atoms with Crippen molar-refractivity contribution < 1.29 is 29.7 Å². The van der Waals surface area contributed by atoms with E-state index in [1.54, 1.807) is 12.1 Å². The average molecular weight is 298 g/mol. The first-order chi connectivity index (χ1) is 9.76. The second-order valence-electron chi connectivity index (χ2n) is 4.06. The number of amides is 1.